The van der Waals surface area contributed by atoms with E-state index >= 15 is 0 Å². The molecule has 4 unspecified atom stereocenters. The molecule has 2 saturated carbocycles. The Morgan fingerprint density at radius 2 is 1.10 bits per heavy atom. The van der Waals surface area contributed by atoms with Crippen molar-refractivity contribution in [3.05, 3.63) is 104 Å². The molecule has 2 aromatic heterocycles. The zero-order valence-electron chi connectivity index (χ0n) is 43.6. The quantitative estimate of drug-likeness (QED) is 0.0703. The van der Waals surface area contributed by atoms with Crippen LogP contribution in [0, 0.1) is 23.7 Å². The second-order valence-electron chi connectivity index (χ2n) is 20.4. The molecule has 4 aromatic rings. The molecule has 8 atom stereocenters. The molecule has 0 aliphatic heterocycles. The smallest absolute Gasteiger partial charge is 0.360 e. The van der Waals surface area contributed by atoms with Crippen molar-refractivity contribution in [2.45, 2.75) is 62.8 Å². The van der Waals surface area contributed by atoms with Gasteiger partial charge in [-0.05, 0) is 115 Å². The molecule has 28 heteroatoms. The van der Waals surface area contributed by atoms with Crippen molar-refractivity contribution >= 4 is 58.4 Å². The van der Waals surface area contributed by atoms with Gasteiger partial charge in [0.1, 0.15) is 45.7 Å². The lowest BCUT2D eigenvalue weighted by Gasteiger charge is -2.50. The molecule has 2 amide bonds. The lowest BCUT2D eigenvalue weighted by atomic mass is 9.57. The Hall–Kier alpha value is -9.12. The average Bonchev–Trinajstić information content (AvgIpc) is 3.32. The molecule has 6 aliphatic carbocycles. The molecule has 28 nitrogen and oxygen atoms in total. The first-order valence-corrected chi connectivity index (χ1v) is 24.9. The first-order chi connectivity index (χ1) is 37.7. The van der Waals surface area contributed by atoms with Crippen LogP contribution in [0.2, 0.25) is 0 Å². The van der Waals surface area contributed by atoms with E-state index in [-0.39, 0.29) is 84.0 Å². The molecule has 420 valence electrons. The highest BCUT2D eigenvalue weighted by molar-refractivity contribution is 6.25. The number of ether oxygens (including phenoxy) is 2. The molecule has 6 aliphatic rings. The van der Waals surface area contributed by atoms with Gasteiger partial charge in [0.15, 0.2) is 34.2 Å². The van der Waals surface area contributed by atoms with Crippen molar-refractivity contribution in [1.82, 2.24) is 39.8 Å². The number of nitrogens with two attached hydrogens (primary N) is 2. The van der Waals surface area contributed by atoms with E-state index in [0.717, 1.165) is 0 Å². The van der Waals surface area contributed by atoms with Gasteiger partial charge in [-0.2, -0.15) is 0 Å². The molecule has 0 bridgehead atoms. The summed E-state index contributed by atoms with van der Waals surface area (Å²) in [5, 5.41) is 105. The summed E-state index contributed by atoms with van der Waals surface area (Å²) in [6.45, 7) is 3.51. The second kappa shape index (κ2) is 20.0. The van der Waals surface area contributed by atoms with E-state index in [1.165, 1.54) is 84.0 Å². The SMILES string of the molecule is CCOC(=O)c1cn(-c2ccc(O)c3c2C[C@@H]2C[C@@H]4[C@H](N(C)C)C(=O)C(C(N)=O)=C(O)[C@]4(O)C(=O)C2=C3O)nn1.CCOC(=O)c1cnnn1-c1ccc(O)c2c1CC1CC3C(N(C)C)C(=O)C(C(N)=O)=C(O)C3(O)C(=O)C1=C2O. The minimum atomic E-state index is -2.74. The Bertz CT molecular complexity index is 3570. The summed E-state index contributed by atoms with van der Waals surface area (Å²) in [5.74, 6) is -16.3. The van der Waals surface area contributed by atoms with Crippen LogP contribution in [0.25, 0.3) is 22.9 Å². The summed E-state index contributed by atoms with van der Waals surface area (Å²) in [4.78, 5) is 106. The number of Topliss-reactive ketones (excluding diaryl/α,β-unsaturated/α-hetero) is 4. The fourth-order valence-corrected chi connectivity index (χ4v) is 12.3. The zero-order chi connectivity index (χ0) is 58.5. The third kappa shape index (κ3) is 8.11. The summed E-state index contributed by atoms with van der Waals surface area (Å²) in [6, 6.07) is 3.06. The number of esters is 2. The zero-order valence-corrected chi connectivity index (χ0v) is 43.6. The van der Waals surface area contributed by atoms with Gasteiger partial charge < -0.3 is 61.8 Å². The van der Waals surface area contributed by atoms with Crippen LogP contribution < -0.4 is 11.5 Å². The van der Waals surface area contributed by atoms with E-state index in [1.54, 1.807) is 13.8 Å². The van der Waals surface area contributed by atoms with Crippen LogP contribution >= 0.6 is 0 Å². The topological polar surface area (TPSA) is 437 Å². The molecule has 0 radical (unpaired) electrons. The highest BCUT2D eigenvalue weighted by Gasteiger charge is 2.66. The number of benzene rings is 2. The standard InChI is InChI=1S/2C26H27N5O9/c1-4-40-25(38)13-9-31(29-28-13)14-5-6-15(32)17-11(14)7-10-8-12-19(30(2)3)21(34)18(24(27)37)23(36)26(12,39)22(35)16(10)20(17)33;1-4-40-25(38)14-9-28-29-31(14)13-5-6-15(32)17-11(13)7-10-8-12-19(30(2)3)21(34)18(24(27)37)23(36)26(12,39)22(35)16(10)20(17)33/h2*5-6,9-10,12,19,32-33,36,39H,4,7-8H2,1-3H3,(H2,27,37)/t10-,12-,19+,26-;/m1./s1. The van der Waals surface area contributed by atoms with Crippen molar-refractivity contribution < 1.29 is 88.7 Å². The predicted molar refractivity (Wildman–Crippen MR) is 270 cm³/mol. The molecular weight excluding hydrogens is 1050 g/mol. The third-order valence-electron chi connectivity index (χ3n) is 15.6. The number of aliphatic hydroxyl groups excluding tert-OH is 4. The highest BCUT2D eigenvalue weighted by atomic mass is 16.5. The fraction of sp³-hybridized carbons (Fsp3) is 0.385. The van der Waals surface area contributed by atoms with Crippen LogP contribution in [0.3, 0.4) is 0 Å². The van der Waals surface area contributed by atoms with Crippen LogP contribution in [0.5, 0.6) is 11.5 Å². The summed E-state index contributed by atoms with van der Waals surface area (Å²) in [5.41, 5.74) is 3.85. The molecule has 2 aromatic carbocycles. The number of phenolic OH excluding ortho intramolecular Hbond substituents is 2. The average molecular weight is 1110 g/mol. The van der Waals surface area contributed by atoms with Crippen molar-refractivity contribution in [3.63, 3.8) is 0 Å². The number of fused-ring (bicyclic) bond motifs is 6. The number of carbonyl (C=O) groups is 8. The van der Waals surface area contributed by atoms with Gasteiger partial charge in [-0.1, -0.05) is 10.4 Å². The summed E-state index contributed by atoms with van der Waals surface area (Å²) >= 11 is 0. The summed E-state index contributed by atoms with van der Waals surface area (Å²) < 4.78 is 12.5. The highest BCUT2D eigenvalue weighted by Crippen LogP contribution is 2.55. The van der Waals surface area contributed by atoms with Gasteiger partial charge in [-0.3, -0.25) is 38.6 Å². The van der Waals surface area contributed by atoms with E-state index in [1.807, 2.05) is 0 Å². The number of hydrogen-bond acceptors (Lipinski definition) is 24. The Kier molecular flexibility index (Phi) is 13.9. The van der Waals surface area contributed by atoms with Crippen molar-refractivity contribution in [2.24, 2.45) is 35.1 Å². The predicted octanol–water partition coefficient (Wildman–Crippen LogP) is -0.557. The number of aromatic nitrogens is 6. The van der Waals surface area contributed by atoms with E-state index < -0.39 is 134 Å². The number of primary amides is 2. The molecule has 0 spiro atoms. The van der Waals surface area contributed by atoms with Gasteiger partial charge in [-0.25, -0.2) is 19.0 Å². The van der Waals surface area contributed by atoms with Crippen molar-refractivity contribution in [3.8, 4) is 22.9 Å². The van der Waals surface area contributed by atoms with E-state index in [2.05, 4.69) is 20.6 Å². The van der Waals surface area contributed by atoms with Crippen LogP contribution in [0.4, 0.5) is 0 Å². The number of likely N-dealkylation sites (N-methyl/N-ethyl adjacent to an activating group) is 2. The van der Waals surface area contributed by atoms with E-state index in [9.17, 15) is 79.2 Å². The Balaban J connectivity index is 0.000000194. The maximum absolute atomic E-state index is 13.9. The lowest BCUT2D eigenvalue weighted by molar-refractivity contribution is -0.155. The molecule has 2 fully saturated rings. The number of ketones is 4. The minimum absolute atomic E-state index is 0.0143. The van der Waals surface area contributed by atoms with Gasteiger partial charge in [0, 0.05) is 23.0 Å². The lowest BCUT2D eigenvalue weighted by Crippen LogP contribution is -2.65. The van der Waals surface area contributed by atoms with Crippen molar-refractivity contribution in [1.29, 1.82) is 0 Å². The number of rotatable bonds is 10. The third-order valence-corrected chi connectivity index (χ3v) is 15.6. The molecule has 2 heterocycles. The van der Waals surface area contributed by atoms with Gasteiger partial charge in [0.25, 0.3) is 11.8 Å². The van der Waals surface area contributed by atoms with Crippen LogP contribution in [0.15, 0.2) is 70.5 Å². The van der Waals surface area contributed by atoms with Crippen LogP contribution in [-0.4, -0.2) is 192 Å². The largest absolute Gasteiger partial charge is 0.508 e. The Morgan fingerprint density at radius 1 is 0.662 bits per heavy atom. The van der Waals surface area contributed by atoms with E-state index in [0.29, 0.717) is 16.8 Å². The monoisotopic (exact) mass is 1110 g/mol. The number of amides is 2. The minimum Gasteiger partial charge on any atom is -0.508 e. The molecule has 10 rings (SSSR count). The van der Waals surface area contributed by atoms with Gasteiger partial charge in [-0.15, -0.1) is 10.2 Å². The molecule has 0 saturated heterocycles. The van der Waals surface area contributed by atoms with Crippen LogP contribution in [-0.2, 0) is 51.1 Å². The Morgan fingerprint density at radius 3 is 1.54 bits per heavy atom. The maximum atomic E-state index is 13.9. The summed E-state index contributed by atoms with van der Waals surface area (Å²) in [7, 11) is 6.08. The molecule has 12 N–H and O–H groups in total. The maximum Gasteiger partial charge on any atom is 0.360 e. The summed E-state index contributed by atoms with van der Waals surface area (Å²) in [6.07, 6.45) is 2.44. The number of phenols is 2. The number of hydrogen-bond donors (Lipinski definition) is 10. The van der Waals surface area contributed by atoms with Crippen molar-refractivity contribution in [2.75, 3.05) is 41.4 Å². The van der Waals surface area contributed by atoms with Gasteiger partial charge in [0.2, 0.25) is 11.6 Å². The first-order valence-electron chi connectivity index (χ1n) is 24.9. The van der Waals surface area contributed by atoms with Crippen LogP contribution in [0.1, 0.15) is 69.9 Å². The first kappa shape index (κ1) is 55.6. The van der Waals surface area contributed by atoms with Gasteiger partial charge >= 0.3 is 11.9 Å². The molecular formula is C52H54N10O18. The number of carbonyl (C=O) groups excluding carboxylic acids is 8. The Labute approximate surface area is 452 Å². The second-order valence-corrected chi connectivity index (χ2v) is 20.4. The molecule has 80 heavy (non-hydrogen) atoms. The number of aliphatic hydroxyl groups is 6. The van der Waals surface area contributed by atoms with E-state index in [4.69, 9.17) is 20.9 Å². The number of aromatic hydroxyl groups is 2. The fourth-order valence-electron chi connectivity index (χ4n) is 12.3. The number of nitrogens with zero attached hydrogens (tertiary/aromatic N) is 8. The normalized spacial score (nSPS) is 26.0. The van der Waals surface area contributed by atoms with Gasteiger partial charge in [0.05, 0.1) is 60.2 Å².